The molecule has 1 heterocycles. The molecular formula is C16H21N3O2. The Morgan fingerprint density at radius 3 is 2.76 bits per heavy atom. The van der Waals surface area contributed by atoms with E-state index in [4.69, 9.17) is 10.5 Å². The standard InChI is InChI=1S/C16H21N3O2/c1-4-9-21-15-8-6-5-7-12(15)14-10-13(11(2)17)16(20)19(3)18-14/h5-8,10-11H,4,9,17H2,1-3H3. The highest BCUT2D eigenvalue weighted by atomic mass is 16.5. The van der Waals surface area contributed by atoms with Crippen molar-refractivity contribution in [1.82, 2.24) is 9.78 Å². The van der Waals surface area contributed by atoms with Gasteiger partial charge in [0.2, 0.25) is 0 Å². The molecule has 0 aliphatic rings. The number of rotatable bonds is 5. The normalized spacial score (nSPS) is 12.2. The monoisotopic (exact) mass is 287 g/mol. The molecule has 0 spiro atoms. The lowest BCUT2D eigenvalue weighted by Gasteiger charge is -2.13. The second-order valence-electron chi connectivity index (χ2n) is 5.05. The van der Waals surface area contributed by atoms with Crippen LogP contribution in [0.1, 0.15) is 31.9 Å². The number of hydrogen-bond acceptors (Lipinski definition) is 4. The second-order valence-corrected chi connectivity index (χ2v) is 5.05. The molecule has 0 bridgehead atoms. The summed E-state index contributed by atoms with van der Waals surface area (Å²) < 4.78 is 7.08. The highest BCUT2D eigenvalue weighted by Crippen LogP contribution is 2.28. The van der Waals surface area contributed by atoms with Crippen molar-refractivity contribution in [2.45, 2.75) is 26.3 Å². The molecule has 0 aliphatic heterocycles. The van der Waals surface area contributed by atoms with Gasteiger partial charge in [0.05, 0.1) is 12.3 Å². The quantitative estimate of drug-likeness (QED) is 0.915. The van der Waals surface area contributed by atoms with Gasteiger partial charge in [-0.2, -0.15) is 5.10 Å². The maximum atomic E-state index is 12.0. The predicted octanol–water partition coefficient (Wildman–Crippen LogP) is 2.26. The average molecular weight is 287 g/mol. The van der Waals surface area contributed by atoms with Gasteiger partial charge in [-0.3, -0.25) is 4.79 Å². The van der Waals surface area contributed by atoms with Crippen LogP contribution in [-0.4, -0.2) is 16.4 Å². The van der Waals surface area contributed by atoms with Crippen molar-refractivity contribution >= 4 is 0 Å². The van der Waals surface area contributed by atoms with Gasteiger partial charge in [-0.1, -0.05) is 19.1 Å². The lowest BCUT2D eigenvalue weighted by molar-refractivity contribution is 0.318. The van der Waals surface area contributed by atoms with Gasteiger partial charge in [0, 0.05) is 24.2 Å². The first kappa shape index (κ1) is 15.3. The Labute approximate surface area is 124 Å². The molecule has 0 amide bonds. The number of benzene rings is 1. The fourth-order valence-corrected chi connectivity index (χ4v) is 2.11. The number of aromatic nitrogens is 2. The van der Waals surface area contributed by atoms with E-state index in [-0.39, 0.29) is 11.6 Å². The van der Waals surface area contributed by atoms with Crippen LogP contribution in [-0.2, 0) is 7.05 Å². The summed E-state index contributed by atoms with van der Waals surface area (Å²) in [4.78, 5) is 12.0. The lowest BCUT2D eigenvalue weighted by atomic mass is 10.1. The van der Waals surface area contributed by atoms with Crippen LogP contribution in [0, 0.1) is 0 Å². The summed E-state index contributed by atoms with van der Waals surface area (Å²) in [6, 6.07) is 9.09. The first-order valence-electron chi connectivity index (χ1n) is 7.10. The molecule has 1 atom stereocenters. The molecular weight excluding hydrogens is 266 g/mol. The van der Waals surface area contributed by atoms with Gasteiger partial charge in [0.25, 0.3) is 5.56 Å². The maximum Gasteiger partial charge on any atom is 0.271 e. The van der Waals surface area contributed by atoms with E-state index in [0.29, 0.717) is 17.9 Å². The molecule has 1 aromatic heterocycles. The molecule has 0 saturated carbocycles. The first-order valence-corrected chi connectivity index (χ1v) is 7.10. The molecule has 0 saturated heterocycles. The Bertz CT molecular complexity index is 677. The summed E-state index contributed by atoms with van der Waals surface area (Å²) in [5.41, 5.74) is 7.81. The van der Waals surface area contributed by atoms with Crippen LogP contribution in [0.4, 0.5) is 0 Å². The summed E-state index contributed by atoms with van der Waals surface area (Å²) in [5, 5.41) is 4.32. The maximum absolute atomic E-state index is 12.0. The molecule has 2 rings (SSSR count). The van der Waals surface area contributed by atoms with E-state index >= 15 is 0 Å². The highest BCUT2D eigenvalue weighted by molar-refractivity contribution is 5.67. The topological polar surface area (TPSA) is 70.1 Å². The second kappa shape index (κ2) is 6.54. The van der Waals surface area contributed by atoms with E-state index in [1.54, 1.807) is 20.0 Å². The number of para-hydroxylation sites is 1. The van der Waals surface area contributed by atoms with Crippen molar-refractivity contribution in [3.8, 4) is 17.0 Å². The molecule has 0 aliphatic carbocycles. The zero-order valence-corrected chi connectivity index (χ0v) is 12.7. The van der Waals surface area contributed by atoms with E-state index in [1.165, 1.54) is 4.68 Å². The van der Waals surface area contributed by atoms with Crippen molar-refractivity contribution in [3.63, 3.8) is 0 Å². The molecule has 0 radical (unpaired) electrons. The molecule has 5 nitrogen and oxygen atoms in total. The Hall–Kier alpha value is -2.14. The molecule has 2 N–H and O–H groups in total. The highest BCUT2D eigenvalue weighted by Gasteiger charge is 2.14. The molecule has 21 heavy (non-hydrogen) atoms. The van der Waals surface area contributed by atoms with Gasteiger partial charge in [-0.25, -0.2) is 4.68 Å². The molecule has 0 fully saturated rings. The average Bonchev–Trinajstić information content (AvgIpc) is 2.47. The van der Waals surface area contributed by atoms with E-state index in [0.717, 1.165) is 17.7 Å². The Balaban J connectivity index is 2.54. The number of ether oxygens (including phenoxy) is 1. The Morgan fingerprint density at radius 1 is 1.38 bits per heavy atom. The SMILES string of the molecule is CCCOc1ccccc1-c1cc(C(C)N)c(=O)n(C)n1. The van der Waals surface area contributed by atoms with Crippen molar-refractivity contribution in [3.05, 3.63) is 46.2 Å². The number of aryl methyl sites for hydroxylation is 1. The van der Waals surface area contributed by atoms with Crippen molar-refractivity contribution in [1.29, 1.82) is 0 Å². The first-order chi connectivity index (χ1) is 10.0. The number of nitrogens with zero attached hydrogens (tertiary/aromatic N) is 2. The molecule has 2 aromatic rings. The van der Waals surface area contributed by atoms with Crippen LogP contribution in [0.5, 0.6) is 5.75 Å². The van der Waals surface area contributed by atoms with Gasteiger partial charge in [0.1, 0.15) is 5.75 Å². The van der Waals surface area contributed by atoms with Gasteiger partial charge < -0.3 is 10.5 Å². The third-order valence-electron chi connectivity index (χ3n) is 3.21. The van der Waals surface area contributed by atoms with Crippen LogP contribution in [0.2, 0.25) is 0 Å². The van der Waals surface area contributed by atoms with Crippen LogP contribution < -0.4 is 16.0 Å². The fourth-order valence-electron chi connectivity index (χ4n) is 2.11. The largest absolute Gasteiger partial charge is 0.493 e. The Kier molecular flexibility index (Phi) is 4.75. The molecule has 112 valence electrons. The summed E-state index contributed by atoms with van der Waals surface area (Å²) in [5.74, 6) is 0.765. The minimum Gasteiger partial charge on any atom is -0.493 e. The Morgan fingerprint density at radius 2 is 2.10 bits per heavy atom. The van der Waals surface area contributed by atoms with Crippen molar-refractivity contribution in [2.24, 2.45) is 12.8 Å². The van der Waals surface area contributed by atoms with Crippen LogP contribution in [0.3, 0.4) is 0 Å². The summed E-state index contributed by atoms with van der Waals surface area (Å²) in [6.07, 6.45) is 0.931. The van der Waals surface area contributed by atoms with Crippen molar-refractivity contribution < 1.29 is 4.74 Å². The third kappa shape index (κ3) is 3.31. The predicted molar refractivity (Wildman–Crippen MR) is 83.3 cm³/mol. The van der Waals surface area contributed by atoms with Gasteiger partial charge in [-0.15, -0.1) is 0 Å². The summed E-state index contributed by atoms with van der Waals surface area (Å²) in [7, 11) is 1.63. The van der Waals surface area contributed by atoms with Crippen molar-refractivity contribution in [2.75, 3.05) is 6.61 Å². The fraction of sp³-hybridized carbons (Fsp3) is 0.375. The molecule has 1 unspecified atom stereocenters. The van der Waals surface area contributed by atoms with Crippen LogP contribution in [0.15, 0.2) is 35.1 Å². The molecule has 1 aromatic carbocycles. The van der Waals surface area contributed by atoms with E-state index in [1.807, 2.05) is 24.3 Å². The van der Waals surface area contributed by atoms with Crippen LogP contribution in [0.25, 0.3) is 11.3 Å². The van der Waals surface area contributed by atoms with E-state index in [2.05, 4.69) is 12.0 Å². The zero-order chi connectivity index (χ0) is 15.4. The minimum atomic E-state index is -0.339. The number of nitrogens with two attached hydrogens (primary N) is 1. The number of hydrogen-bond donors (Lipinski definition) is 1. The lowest BCUT2D eigenvalue weighted by Crippen LogP contribution is -2.27. The van der Waals surface area contributed by atoms with Gasteiger partial charge >= 0.3 is 0 Å². The smallest absolute Gasteiger partial charge is 0.271 e. The van der Waals surface area contributed by atoms with Gasteiger partial charge in [0.15, 0.2) is 0 Å². The summed E-state index contributed by atoms with van der Waals surface area (Å²) >= 11 is 0. The zero-order valence-electron chi connectivity index (χ0n) is 12.7. The van der Waals surface area contributed by atoms with E-state index in [9.17, 15) is 4.79 Å². The third-order valence-corrected chi connectivity index (χ3v) is 3.21. The van der Waals surface area contributed by atoms with Gasteiger partial charge in [-0.05, 0) is 31.5 Å². The van der Waals surface area contributed by atoms with Crippen LogP contribution >= 0.6 is 0 Å². The summed E-state index contributed by atoms with van der Waals surface area (Å²) in [6.45, 7) is 4.49. The molecule has 5 heteroatoms. The van der Waals surface area contributed by atoms with E-state index < -0.39 is 0 Å². The minimum absolute atomic E-state index is 0.166.